The van der Waals surface area contributed by atoms with Crippen LogP contribution in [0.15, 0.2) is 18.2 Å². The van der Waals surface area contributed by atoms with Crippen LogP contribution in [0.4, 0.5) is 0 Å². The van der Waals surface area contributed by atoms with Gasteiger partial charge in [0.15, 0.2) is 0 Å². The van der Waals surface area contributed by atoms with E-state index in [1.54, 1.807) is 0 Å². The molecule has 3 heteroatoms. The van der Waals surface area contributed by atoms with E-state index in [4.69, 9.17) is 4.74 Å². The first-order chi connectivity index (χ1) is 9.27. The molecule has 0 aliphatic carbocycles. The Labute approximate surface area is 112 Å². The normalized spacial score (nSPS) is 20.5. The van der Waals surface area contributed by atoms with Crippen LogP contribution >= 0.6 is 0 Å². The summed E-state index contributed by atoms with van der Waals surface area (Å²) in [4.78, 5) is 0. The van der Waals surface area contributed by atoms with Crippen molar-refractivity contribution < 1.29 is 9.84 Å². The Hall–Kier alpha value is -1.32. The Balaban J connectivity index is 2.07. The maximum Gasteiger partial charge on any atom is 0.0674 e. The second-order valence-electron chi connectivity index (χ2n) is 5.96. The van der Waals surface area contributed by atoms with Gasteiger partial charge in [-0.05, 0) is 30.9 Å². The quantitative estimate of drug-likeness (QED) is 0.894. The van der Waals surface area contributed by atoms with E-state index >= 15 is 0 Å². The lowest BCUT2D eigenvalue weighted by Crippen LogP contribution is -2.50. The highest BCUT2D eigenvalue weighted by molar-refractivity contribution is 5.90. The first kappa shape index (κ1) is 11.5. The van der Waals surface area contributed by atoms with E-state index in [1.807, 2.05) is 0 Å². The topological polar surface area (TPSA) is 34.4 Å². The summed E-state index contributed by atoms with van der Waals surface area (Å²) in [5.74, 6) is 0. The van der Waals surface area contributed by atoms with Crippen molar-refractivity contribution in [3.63, 3.8) is 0 Å². The number of aromatic nitrogens is 1. The van der Waals surface area contributed by atoms with Gasteiger partial charge in [-0.3, -0.25) is 0 Å². The molecular weight excluding hydrogens is 238 g/mol. The smallest absolute Gasteiger partial charge is 0.0674 e. The minimum atomic E-state index is -0.170. The van der Waals surface area contributed by atoms with Crippen molar-refractivity contribution in [3.05, 3.63) is 35.0 Å². The van der Waals surface area contributed by atoms with Gasteiger partial charge in [0, 0.05) is 17.6 Å². The van der Waals surface area contributed by atoms with E-state index in [9.17, 15) is 5.11 Å². The van der Waals surface area contributed by atoms with E-state index in [1.165, 1.54) is 40.6 Å². The van der Waals surface area contributed by atoms with E-state index in [2.05, 4.69) is 29.7 Å². The van der Waals surface area contributed by atoms with Gasteiger partial charge in [0.05, 0.1) is 30.8 Å². The van der Waals surface area contributed by atoms with Crippen molar-refractivity contribution in [2.75, 3.05) is 19.8 Å². The first-order valence-electron chi connectivity index (χ1n) is 7.07. The molecule has 0 spiro atoms. The van der Waals surface area contributed by atoms with Crippen LogP contribution in [0.5, 0.6) is 0 Å². The zero-order valence-electron chi connectivity index (χ0n) is 11.3. The van der Waals surface area contributed by atoms with Crippen LogP contribution < -0.4 is 0 Å². The van der Waals surface area contributed by atoms with E-state index in [-0.39, 0.29) is 12.0 Å². The maximum atomic E-state index is 9.85. The second kappa shape index (κ2) is 3.84. The number of aryl methyl sites for hydroxylation is 2. The molecule has 1 fully saturated rings. The highest BCUT2D eigenvalue weighted by Crippen LogP contribution is 2.42. The van der Waals surface area contributed by atoms with Crippen molar-refractivity contribution in [1.29, 1.82) is 0 Å². The van der Waals surface area contributed by atoms with Crippen molar-refractivity contribution in [2.24, 2.45) is 0 Å². The van der Waals surface area contributed by atoms with Gasteiger partial charge < -0.3 is 14.4 Å². The molecule has 0 atom stereocenters. The number of benzene rings is 1. The average molecular weight is 257 g/mol. The molecule has 1 N–H and O–H groups in total. The van der Waals surface area contributed by atoms with Crippen molar-refractivity contribution in [3.8, 4) is 0 Å². The van der Waals surface area contributed by atoms with Crippen LogP contribution in [0.2, 0.25) is 0 Å². The lowest BCUT2D eigenvalue weighted by Gasteiger charge is -2.40. The Kier molecular flexibility index (Phi) is 2.32. The third kappa shape index (κ3) is 1.35. The van der Waals surface area contributed by atoms with Crippen molar-refractivity contribution in [1.82, 2.24) is 4.57 Å². The number of ether oxygens (including phenoxy) is 1. The number of aliphatic hydroxyl groups excluding tert-OH is 1. The molecule has 1 saturated heterocycles. The number of para-hydroxylation sites is 1. The number of rotatable bonds is 2. The highest BCUT2D eigenvalue weighted by atomic mass is 16.5. The van der Waals surface area contributed by atoms with E-state index in [0.717, 1.165) is 6.54 Å². The van der Waals surface area contributed by atoms with Gasteiger partial charge in [0.25, 0.3) is 0 Å². The fourth-order valence-corrected chi connectivity index (χ4v) is 3.85. The van der Waals surface area contributed by atoms with Crippen LogP contribution in [0, 0.1) is 6.92 Å². The van der Waals surface area contributed by atoms with Gasteiger partial charge in [-0.15, -0.1) is 0 Å². The zero-order chi connectivity index (χ0) is 13.0. The average Bonchev–Trinajstić information content (AvgIpc) is 2.67. The van der Waals surface area contributed by atoms with Crippen LogP contribution in [-0.4, -0.2) is 29.5 Å². The van der Waals surface area contributed by atoms with Crippen LogP contribution in [-0.2, 0) is 23.1 Å². The van der Waals surface area contributed by atoms with Gasteiger partial charge in [-0.25, -0.2) is 0 Å². The number of hydrogen-bond donors (Lipinski definition) is 1. The van der Waals surface area contributed by atoms with E-state index < -0.39 is 0 Å². The molecular formula is C16H19NO2. The predicted octanol–water partition coefficient (Wildman–Crippen LogP) is 2.16. The van der Waals surface area contributed by atoms with Gasteiger partial charge in [0.1, 0.15) is 0 Å². The lowest BCUT2D eigenvalue weighted by molar-refractivity contribution is -0.0838. The molecule has 0 amide bonds. The maximum absolute atomic E-state index is 9.85. The largest absolute Gasteiger partial charge is 0.395 e. The molecule has 1 aromatic carbocycles. The number of nitrogens with zero attached hydrogens (tertiary/aromatic N) is 1. The molecule has 4 rings (SSSR count). The number of hydrogen-bond acceptors (Lipinski definition) is 2. The van der Waals surface area contributed by atoms with Crippen molar-refractivity contribution >= 4 is 10.9 Å². The summed E-state index contributed by atoms with van der Waals surface area (Å²) in [6.45, 7) is 4.76. The first-order valence-corrected chi connectivity index (χ1v) is 7.07. The minimum absolute atomic E-state index is 0.170. The summed E-state index contributed by atoms with van der Waals surface area (Å²) >= 11 is 0. The molecule has 0 saturated carbocycles. The van der Waals surface area contributed by atoms with Gasteiger partial charge in [-0.2, -0.15) is 0 Å². The minimum Gasteiger partial charge on any atom is -0.395 e. The molecule has 3 heterocycles. The second-order valence-corrected chi connectivity index (χ2v) is 5.96. The Morgan fingerprint density at radius 2 is 2.21 bits per heavy atom. The summed E-state index contributed by atoms with van der Waals surface area (Å²) in [7, 11) is 0. The Morgan fingerprint density at radius 1 is 1.37 bits per heavy atom. The summed E-state index contributed by atoms with van der Waals surface area (Å²) in [6.07, 6.45) is 2.38. The molecule has 2 aromatic rings. The third-order valence-corrected chi connectivity index (χ3v) is 4.84. The third-order valence-electron chi connectivity index (χ3n) is 4.84. The standard InChI is InChI=1S/C16H19NO2/c1-11-14(16(8-18)9-19-10-16)13-6-2-4-12-5-3-7-17(11)15(12)13/h2,4,6,18H,3,5,7-10H2,1H3. The molecule has 1 aromatic heterocycles. The molecule has 19 heavy (non-hydrogen) atoms. The van der Waals surface area contributed by atoms with Gasteiger partial charge in [-0.1, -0.05) is 18.2 Å². The molecule has 100 valence electrons. The summed E-state index contributed by atoms with van der Waals surface area (Å²) in [5, 5.41) is 11.2. The Morgan fingerprint density at radius 3 is 2.89 bits per heavy atom. The Bertz CT molecular complexity index is 647. The molecule has 0 radical (unpaired) electrons. The van der Waals surface area contributed by atoms with Crippen molar-refractivity contribution in [2.45, 2.75) is 31.7 Å². The molecule has 2 aliphatic rings. The summed E-state index contributed by atoms with van der Waals surface area (Å²) in [6, 6.07) is 6.60. The van der Waals surface area contributed by atoms with Gasteiger partial charge in [0.2, 0.25) is 0 Å². The van der Waals surface area contributed by atoms with Gasteiger partial charge >= 0.3 is 0 Å². The molecule has 2 aliphatic heterocycles. The van der Waals surface area contributed by atoms with Crippen LogP contribution in [0.3, 0.4) is 0 Å². The zero-order valence-corrected chi connectivity index (χ0v) is 11.3. The molecule has 3 nitrogen and oxygen atoms in total. The summed E-state index contributed by atoms with van der Waals surface area (Å²) in [5.41, 5.74) is 5.31. The molecule has 0 bridgehead atoms. The fourth-order valence-electron chi connectivity index (χ4n) is 3.85. The summed E-state index contributed by atoms with van der Waals surface area (Å²) < 4.78 is 7.85. The highest BCUT2D eigenvalue weighted by Gasteiger charge is 2.43. The predicted molar refractivity (Wildman–Crippen MR) is 74.6 cm³/mol. The lowest BCUT2D eigenvalue weighted by atomic mass is 9.78. The van der Waals surface area contributed by atoms with E-state index in [0.29, 0.717) is 13.2 Å². The SMILES string of the molecule is Cc1c(C2(CO)COC2)c2cccc3c2n1CCC3. The fraction of sp³-hybridized carbons (Fsp3) is 0.500. The number of aliphatic hydroxyl groups is 1. The molecule has 0 unspecified atom stereocenters. The van der Waals surface area contributed by atoms with Crippen LogP contribution in [0.25, 0.3) is 10.9 Å². The monoisotopic (exact) mass is 257 g/mol. The van der Waals surface area contributed by atoms with Crippen LogP contribution in [0.1, 0.15) is 23.2 Å².